The van der Waals surface area contributed by atoms with E-state index in [1.54, 1.807) is 7.11 Å². The van der Waals surface area contributed by atoms with Gasteiger partial charge in [-0.15, -0.1) is 0 Å². The van der Waals surface area contributed by atoms with E-state index >= 15 is 0 Å². The highest BCUT2D eigenvalue weighted by atomic mass is 16.5. The van der Waals surface area contributed by atoms with Crippen molar-refractivity contribution in [1.29, 1.82) is 0 Å². The molecule has 0 radical (unpaired) electrons. The van der Waals surface area contributed by atoms with Crippen molar-refractivity contribution in [1.82, 2.24) is 10.3 Å². The van der Waals surface area contributed by atoms with Crippen molar-refractivity contribution in [3.63, 3.8) is 0 Å². The van der Waals surface area contributed by atoms with Crippen molar-refractivity contribution in [2.24, 2.45) is 0 Å². The van der Waals surface area contributed by atoms with E-state index in [1.165, 1.54) is 0 Å². The molecule has 0 spiro atoms. The fourth-order valence-electron chi connectivity index (χ4n) is 1.61. The Morgan fingerprint density at radius 2 is 2.05 bits per heavy atom. The van der Waals surface area contributed by atoms with Crippen molar-refractivity contribution < 1.29 is 14.2 Å². The van der Waals surface area contributed by atoms with Crippen molar-refractivity contribution in [2.75, 3.05) is 40.6 Å². The van der Waals surface area contributed by atoms with Gasteiger partial charge in [0.05, 0.1) is 19.8 Å². The number of nitrogens with zero attached hydrogens (tertiary/aromatic N) is 1. The van der Waals surface area contributed by atoms with Gasteiger partial charge in [-0.1, -0.05) is 0 Å². The van der Waals surface area contributed by atoms with Crippen LogP contribution in [0.2, 0.25) is 0 Å². The predicted molar refractivity (Wildman–Crippen MR) is 74.5 cm³/mol. The molecule has 1 heterocycles. The highest BCUT2D eigenvalue weighted by molar-refractivity contribution is 5.32. The van der Waals surface area contributed by atoms with Crippen LogP contribution in [0.3, 0.4) is 0 Å². The molecule has 0 amide bonds. The van der Waals surface area contributed by atoms with Crippen LogP contribution in [-0.2, 0) is 16.0 Å². The van der Waals surface area contributed by atoms with E-state index in [1.807, 2.05) is 26.2 Å². The third kappa shape index (κ3) is 6.52. The molecule has 108 valence electrons. The van der Waals surface area contributed by atoms with Gasteiger partial charge >= 0.3 is 0 Å². The first-order valence-electron chi connectivity index (χ1n) is 6.57. The molecule has 0 fully saturated rings. The van der Waals surface area contributed by atoms with Gasteiger partial charge < -0.3 is 19.5 Å². The molecule has 1 aromatic rings. The maximum Gasteiger partial charge on any atom is 0.127 e. The molecule has 0 aliphatic heterocycles. The molecule has 5 heteroatoms. The number of nitrogens with one attached hydrogen (secondary N) is 1. The van der Waals surface area contributed by atoms with Crippen LogP contribution in [0.4, 0.5) is 0 Å². The second kappa shape index (κ2) is 9.72. The molecule has 0 saturated carbocycles. The minimum atomic E-state index is 0.635. The summed E-state index contributed by atoms with van der Waals surface area (Å²) in [6.45, 7) is 5.32. The van der Waals surface area contributed by atoms with E-state index in [2.05, 4.69) is 10.3 Å². The van der Waals surface area contributed by atoms with Gasteiger partial charge in [0.25, 0.3) is 0 Å². The van der Waals surface area contributed by atoms with Gasteiger partial charge in [-0.2, -0.15) is 0 Å². The maximum atomic E-state index is 5.79. The lowest BCUT2D eigenvalue weighted by atomic mass is 10.2. The van der Waals surface area contributed by atoms with Crippen LogP contribution in [0.1, 0.15) is 17.7 Å². The summed E-state index contributed by atoms with van der Waals surface area (Å²) in [4.78, 5) is 4.28. The number of pyridine rings is 1. The second-order valence-electron chi connectivity index (χ2n) is 4.27. The first-order valence-corrected chi connectivity index (χ1v) is 6.57. The third-order valence-corrected chi connectivity index (χ3v) is 2.57. The number of ether oxygens (including phenoxy) is 3. The van der Waals surface area contributed by atoms with Gasteiger partial charge in [-0.3, -0.25) is 4.98 Å². The summed E-state index contributed by atoms with van der Waals surface area (Å²) in [6, 6.07) is 1.97. The lowest BCUT2D eigenvalue weighted by molar-refractivity contribution is 0.0644. The molecule has 0 saturated heterocycles. The Morgan fingerprint density at radius 1 is 1.21 bits per heavy atom. The molecule has 0 unspecified atom stereocenters. The Hall–Kier alpha value is -1.17. The molecule has 0 aromatic carbocycles. The van der Waals surface area contributed by atoms with Crippen molar-refractivity contribution >= 4 is 0 Å². The molecular weight excluding hydrogens is 244 g/mol. The van der Waals surface area contributed by atoms with E-state index in [0.717, 1.165) is 30.0 Å². The zero-order valence-corrected chi connectivity index (χ0v) is 12.1. The molecule has 0 aliphatic rings. The first-order chi connectivity index (χ1) is 9.27. The Balaban J connectivity index is 2.29. The van der Waals surface area contributed by atoms with Crippen LogP contribution in [0, 0.1) is 6.92 Å². The van der Waals surface area contributed by atoms with E-state index in [0.29, 0.717) is 26.4 Å². The third-order valence-electron chi connectivity index (χ3n) is 2.57. The smallest absolute Gasteiger partial charge is 0.127 e. The van der Waals surface area contributed by atoms with E-state index in [9.17, 15) is 0 Å². The fourth-order valence-corrected chi connectivity index (χ4v) is 1.61. The van der Waals surface area contributed by atoms with Crippen molar-refractivity contribution in [2.45, 2.75) is 19.9 Å². The Morgan fingerprint density at radius 3 is 2.79 bits per heavy atom. The van der Waals surface area contributed by atoms with Gasteiger partial charge in [0.1, 0.15) is 5.75 Å². The summed E-state index contributed by atoms with van der Waals surface area (Å²) in [5.41, 5.74) is 2.04. The normalized spacial score (nSPS) is 10.7. The van der Waals surface area contributed by atoms with Crippen molar-refractivity contribution in [3.05, 3.63) is 23.5 Å². The summed E-state index contributed by atoms with van der Waals surface area (Å²) in [7, 11) is 3.58. The maximum absolute atomic E-state index is 5.79. The lowest BCUT2D eigenvalue weighted by Gasteiger charge is -2.12. The average molecular weight is 268 g/mol. The number of rotatable bonds is 10. The molecule has 19 heavy (non-hydrogen) atoms. The molecule has 5 nitrogen and oxygen atoms in total. The Labute approximate surface area is 115 Å². The summed E-state index contributed by atoms with van der Waals surface area (Å²) >= 11 is 0. The van der Waals surface area contributed by atoms with Crippen LogP contribution >= 0.6 is 0 Å². The Kier molecular flexibility index (Phi) is 8.13. The summed E-state index contributed by atoms with van der Waals surface area (Å²) in [6.07, 6.45) is 2.72. The highest BCUT2D eigenvalue weighted by Gasteiger charge is 2.04. The van der Waals surface area contributed by atoms with Crippen LogP contribution in [-0.4, -0.2) is 45.6 Å². The molecule has 1 rings (SSSR count). The van der Waals surface area contributed by atoms with Gasteiger partial charge in [0.2, 0.25) is 0 Å². The minimum Gasteiger partial charge on any atom is -0.493 e. The topological polar surface area (TPSA) is 52.6 Å². The number of aromatic nitrogens is 1. The molecule has 0 atom stereocenters. The first kappa shape index (κ1) is 15.9. The largest absolute Gasteiger partial charge is 0.493 e. The van der Waals surface area contributed by atoms with E-state index < -0.39 is 0 Å². The second-order valence-corrected chi connectivity index (χ2v) is 4.27. The van der Waals surface area contributed by atoms with Crippen LogP contribution in [0.5, 0.6) is 5.75 Å². The number of methoxy groups -OCH3 is 1. The van der Waals surface area contributed by atoms with Crippen LogP contribution in [0.15, 0.2) is 12.3 Å². The molecule has 1 aromatic heterocycles. The number of hydrogen-bond donors (Lipinski definition) is 1. The monoisotopic (exact) mass is 268 g/mol. The van der Waals surface area contributed by atoms with Crippen molar-refractivity contribution in [3.8, 4) is 5.75 Å². The SMILES string of the molecule is CNCc1cnc(C)cc1OCCCOCCOC. The van der Waals surface area contributed by atoms with E-state index in [-0.39, 0.29) is 0 Å². The molecule has 1 N–H and O–H groups in total. The van der Waals surface area contributed by atoms with Gasteiger partial charge in [0.15, 0.2) is 0 Å². The summed E-state index contributed by atoms with van der Waals surface area (Å²) in [5, 5.41) is 3.11. The Bertz CT molecular complexity index is 359. The number of aryl methyl sites for hydroxylation is 1. The number of hydrogen-bond acceptors (Lipinski definition) is 5. The minimum absolute atomic E-state index is 0.635. The van der Waals surface area contributed by atoms with Gasteiger partial charge in [-0.25, -0.2) is 0 Å². The molecule has 0 aliphatic carbocycles. The quantitative estimate of drug-likeness (QED) is 0.652. The molecule has 0 bridgehead atoms. The fraction of sp³-hybridized carbons (Fsp3) is 0.643. The van der Waals surface area contributed by atoms with Gasteiger partial charge in [0, 0.05) is 50.2 Å². The molecular formula is C14H24N2O3. The van der Waals surface area contributed by atoms with Gasteiger partial charge in [-0.05, 0) is 14.0 Å². The highest BCUT2D eigenvalue weighted by Crippen LogP contribution is 2.18. The van der Waals surface area contributed by atoms with Crippen LogP contribution < -0.4 is 10.1 Å². The summed E-state index contributed by atoms with van der Waals surface area (Å²) < 4.78 is 16.1. The lowest BCUT2D eigenvalue weighted by Crippen LogP contribution is -2.10. The van der Waals surface area contributed by atoms with E-state index in [4.69, 9.17) is 14.2 Å². The summed E-state index contributed by atoms with van der Waals surface area (Å²) in [5.74, 6) is 0.902. The predicted octanol–water partition coefficient (Wildman–Crippen LogP) is 1.54. The van der Waals surface area contributed by atoms with Crippen LogP contribution in [0.25, 0.3) is 0 Å². The zero-order valence-electron chi connectivity index (χ0n) is 12.1. The zero-order chi connectivity index (χ0) is 13.9. The standard InChI is InChI=1S/C14H24N2O3/c1-12-9-14(13(10-15-2)11-16-12)19-6-4-5-18-8-7-17-3/h9,11,15H,4-8,10H2,1-3H3. The average Bonchev–Trinajstić information content (AvgIpc) is 2.41.